The molecule has 0 spiro atoms. The molecule has 38 heavy (non-hydrogen) atoms. The summed E-state index contributed by atoms with van der Waals surface area (Å²) in [5.74, 6) is -0.935. The van der Waals surface area contributed by atoms with Gasteiger partial charge in [-0.25, -0.2) is 17.5 Å². The number of aromatic nitrogens is 1. The molecule has 0 aliphatic heterocycles. The maximum atomic E-state index is 13.4. The molecule has 8 nitrogen and oxygen atoms in total. The molecule has 1 heterocycles. The highest BCUT2D eigenvalue weighted by Gasteiger charge is 2.28. The molecule has 4 rings (SSSR count). The normalized spacial score (nSPS) is 14.1. The predicted octanol–water partition coefficient (Wildman–Crippen LogP) is 3.33. The first kappa shape index (κ1) is 27.4. The number of pyridine rings is 1. The van der Waals surface area contributed by atoms with Gasteiger partial charge in [-0.3, -0.25) is 14.6 Å². The fourth-order valence-electron chi connectivity index (χ4n) is 3.93. The van der Waals surface area contributed by atoms with Crippen molar-refractivity contribution >= 4 is 21.8 Å². The Bertz CT molecular complexity index is 1350. The lowest BCUT2D eigenvalue weighted by Gasteiger charge is -2.29. The van der Waals surface area contributed by atoms with E-state index in [4.69, 9.17) is 0 Å². The first-order chi connectivity index (χ1) is 18.2. The minimum atomic E-state index is -3.54. The van der Waals surface area contributed by atoms with Crippen LogP contribution in [0.5, 0.6) is 0 Å². The molecule has 200 valence electrons. The summed E-state index contributed by atoms with van der Waals surface area (Å²) in [6, 6.07) is 15.1. The zero-order chi connectivity index (χ0) is 27.1. The maximum absolute atomic E-state index is 13.4. The number of carbonyl (C=O) groups is 2. The quantitative estimate of drug-likeness (QED) is 0.368. The highest BCUT2D eigenvalue weighted by molar-refractivity contribution is 7.89. The van der Waals surface area contributed by atoms with Crippen LogP contribution in [-0.4, -0.2) is 42.2 Å². The van der Waals surface area contributed by atoms with Gasteiger partial charge in [0, 0.05) is 37.9 Å². The Balaban J connectivity index is 1.41. The van der Waals surface area contributed by atoms with Crippen LogP contribution in [0.15, 0.2) is 78.0 Å². The topological polar surface area (TPSA) is 108 Å². The van der Waals surface area contributed by atoms with Gasteiger partial charge in [0.15, 0.2) is 0 Å². The molecule has 1 atom stereocenters. The lowest BCUT2D eigenvalue weighted by molar-refractivity contribution is -0.140. The summed E-state index contributed by atoms with van der Waals surface area (Å²) in [7, 11) is -3.54. The average molecular weight is 539 g/mol. The molecule has 0 radical (unpaired) electrons. The lowest BCUT2D eigenvalue weighted by Crippen LogP contribution is -2.47. The minimum Gasteiger partial charge on any atom is -0.350 e. The second kappa shape index (κ2) is 12.3. The zero-order valence-electron chi connectivity index (χ0n) is 21.1. The summed E-state index contributed by atoms with van der Waals surface area (Å²) in [6.07, 6.45) is 5.49. The molecule has 2 aromatic carbocycles. The smallest absolute Gasteiger partial charge is 0.242 e. The molecule has 0 saturated heterocycles. The van der Waals surface area contributed by atoms with Gasteiger partial charge in [-0.05, 0) is 79.3 Å². The third-order valence-electron chi connectivity index (χ3n) is 6.41. The van der Waals surface area contributed by atoms with Crippen LogP contribution in [0.4, 0.5) is 4.39 Å². The molecular formula is C28H31FN4O4S. The summed E-state index contributed by atoms with van der Waals surface area (Å²) in [4.78, 5) is 31.9. The van der Waals surface area contributed by atoms with Crippen LogP contribution < -0.4 is 10.0 Å². The van der Waals surface area contributed by atoms with Gasteiger partial charge in [0.05, 0.1) is 4.90 Å². The minimum absolute atomic E-state index is 0.0216. The SMILES string of the molecule is C[C@@H](C(=O)NCc1ccncc1)N(Cc1ccc(F)cc1)C(=O)CCc1ccc(S(=O)(=O)NC2CC2)cc1. The fourth-order valence-corrected chi connectivity index (χ4v) is 5.23. The highest BCUT2D eigenvalue weighted by atomic mass is 32.2. The van der Waals surface area contributed by atoms with Crippen molar-refractivity contribution in [3.05, 3.63) is 95.6 Å². The first-order valence-electron chi connectivity index (χ1n) is 12.5. The molecule has 0 bridgehead atoms. The third kappa shape index (κ3) is 7.69. The number of sulfonamides is 1. The molecule has 2 N–H and O–H groups in total. The van der Waals surface area contributed by atoms with Gasteiger partial charge in [0.25, 0.3) is 0 Å². The molecule has 1 saturated carbocycles. The van der Waals surface area contributed by atoms with Gasteiger partial charge in [0.1, 0.15) is 11.9 Å². The average Bonchev–Trinajstić information content (AvgIpc) is 3.74. The van der Waals surface area contributed by atoms with E-state index in [0.717, 1.165) is 24.0 Å². The van der Waals surface area contributed by atoms with Crippen molar-refractivity contribution in [2.24, 2.45) is 0 Å². The van der Waals surface area contributed by atoms with Crippen molar-refractivity contribution in [2.45, 2.75) is 62.7 Å². The Kier molecular flexibility index (Phi) is 8.85. The maximum Gasteiger partial charge on any atom is 0.242 e. The number of hydrogen-bond donors (Lipinski definition) is 2. The third-order valence-corrected chi connectivity index (χ3v) is 7.95. The van der Waals surface area contributed by atoms with E-state index in [2.05, 4.69) is 15.0 Å². The largest absolute Gasteiger partial charge is 0.350 e. The van der Waals surface area contributed by atoms with Crippen LogP contribution in [0.2, 0.25) is 0 Å². The number of nitrogens with zero attached hydrogens (tertiary/aromatic N) is 2. The number of carbonyl (C=O) groups excluding carboxylic acids is 2. The van der Waals surface area contributed by atoms with E-state index in [1.807, 2.05) is 0 Å². The van der Waals surface area contributed by atoms with Crippen LogP contribution in [0.3, 0.4) is 0 Å². The van der Waals surface area contributed by atoms with Crippen LogP contribution in [-0.2, 0) is 39.1 Å². The Labute approximate surface area is 222 Å². The summed E-state index contributed by atoms with van der Waals surface area (Å²) in [5.41, 5.74) is 2.39. The molecule has 3 aromatic rings. The second-order valence-corrected chi connectivity index (χ2v) is 11.2. The van der Waals surface area contributed by atoms with Crippen LogP contribution in [0.1, 0.15) is 42.9 Å². The number of halogens is 1. The van der Waals surface area contributed by atoms with Crippen molar-refractivity contribution < 1.29 is 22.4 Å². The van der Waals surface area contributed by atoms with E-state index >= 15 is 0 Å². The first-order valence-corrected chi connectivity index (χ1v) is 14.0. The van der Waals surface area contributed by atoms with Crippen molar-refractivity contribution in [3.8, 4) is 0 Å². The molecule has 2 amide bonds. The van der Waals surface area contributed by atoms with Crippen LogP contribution >= 0.6 is 0 Å². The molecule has 1 fully saturated rings. The summed E-state index contributed by atoms with van der Waals surface area (Å²) in [6.45, 7) is 2.11. The molecule has 1 aliphatic rings. The monoisotopic (exact) mass is 538 g/mol. The standard InChI is InChI=1S/C28H31FN4O4S/c1-20(28(35)31-18-22-14-16-30-17-15-22)33(19-23-2-7-24(29)8-3-23)27(34)13-6-21-4-11-26(12-5-21)38(36,37)32-25-9-10-25/h2-5,7-8,11-12,14-17,20,25,32H,6,9-10,13,18-19H2,1H3,(H,31,35)/t20-/m0/s1. The number of benzene rings is 2. The predicted molar refractivity (Wildman–Crippen MR) is 141 cm³/mol. The van der Waals surface area contributed by atoms with Crippen molar-refractivity contribution in [2.75, 3.05) is 0 Å². The Morgan fingerprint density at radius 3 is 2.24 bits per heavy atom. The van der Waals surface area contributed by atoms with Crippen molar-refractivity contribution in [3.63, 3.8) is 0 Å². The van der Waals surface area contributed by atoms with Gasteiger partial charge in [-0.1, -0.05) is 24.3 Å². The second-order valence-electron chi connectivity index (χ2n) is 9.44. The molecule has 0 unspecified atom stereocenters. The summed E-state index contributed by atoms with van der Waals surface area (Å²) < 4.78 is 40.8. The number of rotatable bonds is 12. The van der Waals surface area contributed by atoms with E-state index in [1.54, 1.807) is 55.7 Å². The van der Waals surface area contributed by atoms with E-state index in [0.29, 0.717) is 18.5 Å². The number of nitrogens with one attached hydrogen (secondary N) is 2. The molecule has 1 aliphatic carbocycles. The fraction of sp³-hybridized carbons (Fsp3) is 0.321. The zero-order valence-corrected chi connectivity index (χ0v) is 22.0. The van der Waals surface area contributed by atoms with Gasteiger partial charge in [0.2, 0.25) is 21.8 Å². The molecular weight excluding hydrogens is 507 g/mol. The summed E-state index contributed by atoms with van der Waals surface area (Å²) in [5, 5.41) is 2.86. The Morgan fingerprint density at radius 2 is 1.61 bits per heavy atom. The lowest BCUT2D eigenvalue weighted by atomic mass is 10.1. The van der Waals surface area contributed by atoms with Gasteiger partial charge in [-0.15, -0.1) is 0 Å². The molecule has 1 aromatic heterocycles. The summed E-state index contributed by atoms with van der Waals surface area (Å²) >= 11 is 0. The van der Waals surface area contributed by atoms with E-state index < -0.39 is 16.1 Å². The van der Waals surface area contributed by atoms with Gasteiger partial charge >= 0.3 is 0 Å². The van der Waals surface area contributed by atoms with Crippen LogP contribution in [0, 0.1) is 5.82 Å². The molecule has 10 heteroatoms. The number of amides is 2. The number of hydrogen-bond acceptors (Lipinski definition) is 5. The Morgan fingerprint density at radius 1 is 0.974 bits per heavy atom. The van der Waals surface area contributed by atoms with Gasteiger partial charge < -0.3 is 10.2 Å². The van der Waals surface area contributed by atoms with E-state index in [1.165, 1.54) is 29.2 Å². The van der Waals surface area contributed by atoms with Crippen molar-refractivity contribution in [1.82, 2.24) is 19.9 Å². The van der Waals surface area contributed by atoms with Gasteiger partial charge in [-0.2, -0.15) is 0 Å². The number of aryl methyl sites for hydroxylation is 1. The van der Waals surface area contributed by atoms with Crippen LogP contribution in [0.25, 0.3) is 0 Å². The van der Waals surface area contributed by atoms with E-state index in [-0.39, 0.29) is 41.5 Å². The highest BCUT2D eigenvalue weighted by Crippen LogP contribution is 2.22. The van der Waals surface area contributed by atoms with Crippen molar-refractivity contribution in [1.29, 1.82) is 0 Å². The Hall–Kier alpha value is -3.63. The van der Waals surface area contributed by atoms with E-state index in [9.17, 15) is 22.4 Å².